The van der Waals surface area contributed by atoms with Crippen molar-refractivity contribution in [3.05, 3.63) is 51.2 Å². The third kappa shape index (κ3) is 3.62. The molecule has 0 saturated heterocycles. The number of thiophene rings is 1. The van der Waals surface area contributed by atoms with Gasteiger partial charge in [-0.2, -0.15) is 0 Å². The molecular formula is C18H19NO3S. The van der Waals surface area contributed by atoms with Gasteiger partial charge in [-0.05, 0) is 31.0 Å². The van der Waals surface area contributed by atoms with E-state index in [2.05, 4.69) is 18.3 Å². The summed E-state index contributed by atoms with van der Waals surface area (Å²) in [4.78, 5) is 26.1. The van der Waals surface area contributed by atoms with Gasteiger partial charge in [0.15, 0.2) is 12.4 Å². The van der Waals surface area contributed by atoms with Crippen molar-refractivity contribution in [2.75, 3.05) is 6.61 Å². The minimum Gasteiger partial charge on any atom is -0.483 e. The number of aryl methyl sites for hydroxylation is 1. The number of fused-ring (bicyclic) bond motifs is 1. The number of hydrogen-bond donors (Lipinski definition) is 1. The first-order chi connectivity index (χ1) is 11.2. The molecule has 1 aromatic carbocycles. The third-order valence-electron chi connectivity index (χ3n) is 3.92. The van der Waals surface area contributed by atoms with E-state index in [1.165, 1.54) is 4.88 Å². The van der Waals surface area contributed by atoms with E-state index in [1.54, 1.807) is 17.4 Å². The van der Waals surface area contributed by atoms with Crippen molar-refractivity contribution in [3.63, 3.8) is 0 Å². The molecule has 0 unspecified atom stereocenters. The van der Waals surface area contributed by atoms with Gasteiger partial charge in [-0.15, -0.1) is 11.3 Å². The van der Waals surface area contributed by atoms with Gasteiger partial charge in [0.05, 0.1) is 6.54 Å². The zero-order chi connectivity index (χ0) is 16.2. The van der Waals surface area contributed by atoms with Crippen molar-refractivity contribution in [2.45, 2.75) is 32.7 Å². The Morgan fingerprint density at radius 1 is 1.22 bits per heavy atom. The maximum Gasteiger partial charge on any atom is 0.258 e. The second-order valence-electron chi connectivity index (χ2n) is 5.49. The van der Waals surface area contributed by atoms with Crippen LogP contribution in [0.5, 0.6) is 5.75 Å². The first-order valence-corrected chi connectivity index (χ1v) is 8.61. The molecule has 1 N–H and O–H groups in total. The molecule has 4 nitrogen and oxygen atoms in total. The maximum atomic E-state index is 11.9. The molecule has 0 radical (unpaired) electrons. The molecule has 1 amide bonds. The summed E-state index contributed by atoms with van der Waals surface area (Å²) in [6.45, 7) is 2.61. The molecule has 1 aliphatic rings. The molecule has 0 saturated carbocycles. The van der Waals surface area contributed by atoms with Crippen LogP contribution in [0.2, 0.25) is 0 Å². The Morgan fingerprint density at radius 2 is 2.04 bits per heavy atom. The molecule has 3 rings (SSSR count). The highest BCUT2D eigenvalue weighted by Crippen LogP contribution is 2.30. The highest BCUT2D eigenvalue weighted by Gasteiger charge is 2.22. The first kappa shape index (κ1) is 15.7. The quantitative estimate of drug-likeness (QED) is 0.886. The molecule has 0 bridgehead atoms. The van der Waals surface area contributed by atoms with E-state index < -0.39 is 0 Å². The van der Waals surface area contributed by atoms with E-state index in [0.717, 1.165) is 22.4 Å². The molecule has 23 heavy (non-hydrogen) atoms. The number of benzene rings is 1. The van der Waals surface area contributed by atoms with Crippen LogP contribution < -0.4 is 10.1 Å². The fourth-order valence-electron chi connectivity index (χ4n) is 2.68. The van der Waals surface area contributed by atoms with E-state index in [4.69, 9.17) is 4.74 Å². The summed E-state index contributed by atoms with van der Waals surface area (Å²) in [6, 6.07) is 9.57. The van der Waals surface area contributed by atoms with Crippen LogP contribution in [-0.4, -0.2) is 18.3 Å². The largest absolute Gasteiger partial charge is 0.483 e. The maximum absolute atomic E-state index is 11.9. The van der Waals surface area contributed by atoms with Gasteiger partial charge in [0.2, 0.25) is 0 Å². The van der Waals surface area contributed by atoms with Gasteiger partial charge in [0.1, 0.15) is 5.75 Å². The molecule has 0 aliphatic heterocycles. The summed E-state index contributed by atoms with van der Waals surface area (Å²) in [5.41, 5.74) is 1.66. The average molecular weight is 329 g/mol. The van der Waals surface area contributed by atoms with Crippen molar-refractivity contribution >= 4 is 23.0 Å². The first-order valence-electron chi connectivity index (χ1n) is 7.79. The molecule has 5 heteroatoms. The van der Waals surface area contributed by atoms with Crippen molar-refractivity contribution in [1.29, 1.82) is 0 Å². The molecule has 1 heterocycles. The number of carbonyl (C=O) groups is 2. The standard InChI is InChI=1S/C18H19NO3S/c1-2-12-6-7-13(23-12)10-19-18(21)11-22-17-5-3-4-14-15(17)8-9-16(14)20/h3-7H,2,8-11H2,1H3,(H,19,21). The van der Waals surface area contributed by atoms with Crippen LogP contribution in [0.15, 0.2) is 30.3 Å². The van der Waals surface area contributed by atoms with Crippen LogP contribution in [0.3, 0.4) is 0 Å². The molecule has 0 fully saturated rings. The van der Waals surface area contributed by atoms with Gasteiger partial charge in [-0.3, -0.25) is 9.59 Å². The lowest BCUT2D eigenvalue weighted by atomic mass is 10.1. The van der Waals surface area contributed by atoms with Gasteiger partial charge in [-0.25, -0.2) is 0 Å². The topological polar surface area (TPSA) is 55.4 Å². The van der Waals surface area contributed by atoms with Gasteiger partial charge < -0.3 is 10.1 Å². The fraction of sp³-hybridized carbons (Fsp3) is 0.333. The number of amides is 1. The lowest BCUT2D eigenvalue weighted by Gasteiger charge is -2.10. The summed E-state index contributed by atoms with van der Waals surface area (Å²) < 4.78 is 5.61. The number of ether oxygens (including phenoxy) is 1. The van der Waals surface area contributed by atoms with Crippen LogP contribution in [0, 0.1) is 0 Å². The second-order valence-corrected chi connectivity index (χ2v) is 6.75. The van der Waals surface area contributed by atoms with E-state index in [-0.39, 0.29) is 18.3 Å². The van der Waals surface area contributed by atoms with Crippen molar-refractivity contribution in [2.24, 2.45) is 0 Å². The van der Waals surface area contributed by atoms with Gasteiger partial charge in [0.25, 0.3) is 5.91 Å². The van der Waals surface area contributed by atoms with Crippen molar-refractivity contribution in [3.8, 4) is 5.75 Å². The lowest BCUT2D eigenvalue weighted by Crippen LogP contribution is -2.28. The predicted octanol–water partition coefficient (Wildman–Crippen LogP) is 3.13. The van der Waals surface area contributed by atoms with Crippen molar-refractivity contribution < 1.29 is 14.3 Å². The Hall–Kier alpha value is -2.14. The zero-order valence-electron chi connectivity index (χ0n) is 13.1. The third-order valence-corrected chi connectivity index (χ3v) is 5.15. The summed E-state index contributed by atoms with van der Waals surface area (Å²) >= 11 is 1.71. The van der Waals surface area contributed by atoms with Crippen molar-refractivity contribution in [1.82, 2.24) is 5.32 Å². The number of rotatable bonds is 6. The smallest absolute Gasteiger partial charge is 0.258 e. The minimum absolute atomic E-state index is 0.0311. The van der Waals surface area contributed by atoms with Crippen LogP contribution in [0.1, 0.15) is 39.0 Å². The highest BCUT2D eigenvalue weighted by atomic mass is 32.1. The predicted molar refractivity (Wildman–Crippen MR) is 90.1 cm³/mol. The summed E-state index contributed by atoms with van der Waals surface area (Å²) in [7, 11) is 0. The lowest BCUT2D eigenvalue weighted by molar-refractivity contribution is -0.123. The number of nitrogens with one attached hydrogen (secondary N) is 1. The van der Waals surface area contributed by atoms with Crippen LogP contribution in [0.25, 0.3) is 0 Å². The zero-order valence-corrected chi connectivity index (χ0v) is 13.9. The average Bonchev–Trinajstić information content (AvgIpc) is 3.18. The second kappa shape index (κ2) is 6.96. The molecular weight excluding hydrogens is 310 g/mol. The molecule has 120 valence electrons. The number of hydrogen-bond acceptors (Lipinski definition) is 4. The Morgan fingerprint density at radius 3 is 2.83 bits per heavy atom. The minimum atomic E-state index is -0.154. The van der Waals surface area contributed by atoms with E-state index in [9.17, 15) is 9.59 Å². The summed E-state index contributed by atoms with van der Waals surface area (Å²) in [5, 5.41) is 2.86. The summed E-state index contributed by atoms with van der Waals surface area (Å²) in [5.74, 6) is 0.644. The monoisotopic (exact) mass is 329 g/mol. The van der Waals surface area contributed by atoms with E-state index in [0.29, 0.717) is 25.1 Å². The van der Waals surface area contributed by atoms with Gasteiger partial charge in [-0.1, -0.05) is 19.1 Å². The van der Waals surface area contributed by atoms with Crippen LogP contribution >= 0.6 is 11.3 Å². The van der Waals surface area contributed by atoms with E-state index in [1.807, 2.05) is 18.2 Å². The highest BCUT2D eigenvalue weighted by molar-refractivity contribution is 7.11. The molecule has 0 spiro atoms. The van der Waals surface area contributed by atoms with Gasteiger partial charge in [0, 0.05) is 27.3 Å². The van der Waals surface area contributed by atoms with Crippen LogP contribution in [0.4, 0.5) is 0 Å². The molecule has 1 aliphatic carbocycles. The molecule has 2 aromatic rings. The van der Waals surface area contributed by atoms with E-state index >= 15 is 0 Å². The molecule has 0 atom stereocenters. The number of Topliss-reactive ketones (excluding diaryl/α,β-unsaturated/α-hetero) is 1. The fourth-order valence-corrected chi connectivity index (χ4v) is 3.58. The van der Waals surface area contributed by atoms with Crippen LogP contribution in [-0.2, 0) is 24.2 Å². The number of ketones is 1. The summed E-state index contributed by atoms with van der Waals surface area (Å²) in [6.07, 6.45) is 2.24. The number of carbonyl (C=O) groups excluding carboxylic acids is 2. The SMILES string of the molecule is CCc1ccc(CNC(=O)COc2cccc3c2CCC3=O)s1. The Labute approximate surface area is 139 Å². The molecule has 1 aromatic heterocycles. The Balaban J connectivity index is 1.52. The Bertz CT molecular complexity index is 736. The normalized spacial score (nSPS) is 13.0. The Kier molecular flexibility index (Phi) is 4.76. The van der Waals surface area contributed by atoms with Gasteiger partial charge >= 0.3 is 0 Å².